The lowest BCUT2D eigenvalue weighted by atomic mass is 10.1. The maximum Gasteiger partial charge on any atom is 0.186 e. The van der Waals surface area contributed by atoms with Gasteiger partial charge in [-0.25, -0.2) is 18.7 Å². The first-order valence-corrected chi connectivity index (χ1v) is 8.82. The Balaban J connectivity index is 1.96. The van der Waals surface area contributed by atoms with E-state index in [0.717, 1.165) is 5.56 Å². The summed E-state index contributed by atoms with van der Waals surface area (Å²) in [6.45, 7) is 2.25. The summed E-state index contributed by atoms with van der Waals surface area (Å²) in [5.74, 6) is -2.31. The zero-order chi connectivity index (χ0) is 19.1. The van der Waals surface area contributed by atoms with E-state index in [0.29, 0.717) is 44.9 Å². The third-order valence-corrected chi connectivity index (χ3v) is 5.12. The number of carbonyl (C=O) groups is 1. The molecule has 2 aromatic heterocycles. The van der Waals surface area contributed by atoms with Crippen molar-refractivity contribution >= 4 is 38.9 Å². The maximum atomic E-state index is 14.3. The highest BCUT2D eigenvalue weighted by molar-refractivity contribution is 7.21. The van der Waals surface area contributed by atoms with Gasteiger partial charge in [-0.15, -0.1) is 11.3 Å². The molecule has 0 radical (unpaired) electrons. The molecule has 0 saturated carbocycles. The molecule has 0 fully saturated rings. The molecule has 2 aromatic carbocycles. The van der Waals surface area contributed by atoms with Gasteiger partial charge < -0.3 is 4.74 Å². The molecule has 0 amide bonds. The van der Waals surface area contributed by atoms with E-state index >= 15 is 0 Å². The van der Waals surface area contributed by atoms with Crippen molar-refractivity contribution in [2.75, 3.05) is 7.11 Å². The first-order chi connectivity index (χ1) is 13.0. The molecule has 0 N–H and O–H groups in total. The van der Waals surface area contributed by atoms with Crippen LogP contribution < -0.4 is 0 Å². The van der Waals surface area contributed by atoms with E-state index in [1.54, 1.807) is 13.3 Å². The topological polar surface area (TPSA) is 65.0 Å². The van der Waals surface area contributed by atoms with Gasteiger partial charge in [0.15, 0.2) is 17.9 Å². The Labute approximate surface area is 156 Å². The van der Waals surface area contributed by atoms with Gasteiger partial charge >= 0.3 is 0 Å². The van der Waals surface area contributed by atoms with Crippen LogP contribution in [0.3, 0.4) is 0 Å². The molecule has 0 spiro atoms. The molecule has 27 heavy (non-hydrogen) atoms. The number of hydrogen-bond donors (Lipinski definition) is 0. The van der Waals surface area contributed by atoms with Crippen molar-refractivity contribution in [1.82, 2.24) is 15.0 Å². The summed E-state index contributed by atoms with van der Waals surface area (Å²) in [7, 11) is 1.58. The van der Waals surface area contributed by atoms with Crippen molar-refractivity contribution in [3.05, 3.63) is 52.9 Å². The third kappa shape index (κ3) is 2.96. The number of aromatic nitrogens is 3. The average molecular weight is 385 g/mol. The quantitative estimate of drug-likeness (QED) is 0.486. The largest absolute Gasteiger partial charge is 0.378 e. The lowest BCUT2D eigenvalue weighted by Gasteiger charge is -2.06. The van der Waals surface area contributed by atoms with Crippen LogP contribution in [-0.4, -0.2) is 28.3 Å². The molecule has 0 atom stereocenters. The van der Waals surface area contributed by atoms with Gasteiger partial charge in [0.1, 0.15) is 10.5 Å². The minimum Gasteiger partial charge on any atom is -0.378 e. The van der Waals surface area contributed by atoms with E-state index in [-0.39, 0.29) is 11.1 Å². The van der Waals surface area contributed by atoms with Gasteiger partial charge in [-0.05, 0) is 30.7 Å². The highest BCUT2D eigenvalue weighted by atomic mass is 32.1. The van der Waals surface area contributed by atoms with Crippen molar-refractivity contribution < 1.29 is 18.3 Å². The molecule has 8 heteroatoms. The van der Waals surface area contributed by atoms with E-state index in [4.69, 9.17) is 4.74 Å². The molecule has 4 rings (SSSR count). The molecule has 2 heterocycles. The smallest absolute Gasteiger partial charge is 0.186 e. The second kappa shape index (κ2) is 6.71. The summed E-state index contributed by atoms with van der Waals surface area (Å²) in [5.41, 5.74) is 3.14. The number of nitrogens with zero attached hydrogens (tertiary/aromatic N) is 3. The summed E-state index contributed by atoms with van der Waals surface area (Å²) in [6, 6.07) is 5.07. The van der Waals surface area contributed by atoms with Crippen LogP contribution in [0.1, 0.15) is 21.6 Å². The molecule has 0 saturated heterocycles. The van der Waals surface area contributed by atoms with E-state index in [9.17, 15) is 13.6 Å². The summed E-state index contributed by atoms with van der Waals surface area (Å²) in [6.07, 6.45) is 1.91. The molecular formula is C19H13F2N3O2S. The van der Waals surface area contributed by atoms with Crippen molar-refractivity contribution in [1.29, 1.82) is 0 Å². The predicted octanol–water partition coefficient (Wildman–Crippen LogP) is 4.45. The number of rotatable bonds is 4. The molecule has 0 unspecified atom stereocenters. The van der Waals surface area contributed by atoms with Gasteiger partial charge in [0.25, 0.3) is 0 Å². The molecule has 0 aliphatic carbocycles. The fourth-order valence-electron chi connectivity index (χ4n) is 2.91. The van der Waals surface area contributed by atoms with Crippen molar-refractivity contribution in [3.63, 3.8) is 0 Å². The van der Waals surface area contributed by atoms with E-state index < -0.39 is 11.6 Å². The van der Waals surface area contributed by atoms with Crippen LogP contribution in [0.5, 0.6) is 0 Å². The summed E-state index contributed by atoms with van der Waals surface area (Å²) < 4.78 is 33.7. The van der Waals surface area contributed by atoms with Crippen LogP contribution in [0.4, 0.5) is 8.78 Å². The number of carbonyl (C=O) groups excluding carboxylic acids is 1. The molecular weight excluding hydrogens is 372 g/mol. The van der Waals surface area contributed by atoms with E-state index in [1.165, 1.54) is 17.4 Å². The van der Waals surface area contributed by atoms with Gasteiger partial charge in [0, 0.05) is 12.7 Å². The van der Waals surface area contributed by atoms with Crippen molar-refractivity contribution in [2.45, 2.75) is 13.5 Å². The standard InChI is InChI=1S/C19H13F2N3O2S/c1-9-3-12(17-13(4-9)23-11(6-22-17)8-26-2)19-24-18-14(27-19)5-10(7-25)15(20)16(18)21/h3-7H,8H2,1-2H3. The Morgan fingerprint density at radius 1 is 1.15 bits per heavy atom. The van der Waals surface area contributed by atoms with Crippen molar-refractivity contribution in [2.24, 2.45) is 0 Å². The Morgan fingerprint density at radius 2 is 1.96 bits per heavy atom. The van der Waals surface area contributed by atoms with Crippen LogP contribution in [-0.2, 0) is 11.3 Å². The Morgan fingerprint density at radius 3 is 2.70 bits per heavy atom. The third-order valence-electron chi connectivity index (χ3n) is 4.08. The second-order valence-electron chi connectivity index (χ2n) is 6.05. The Hall–Kier alpha value is -2.84. The molecule has 5 nitrogen and oxygen atoms in total. The van der Waals surface area contributed by atoms with Crippen LogP contribution in [0.2, 0.25) is 0 Å². The van der Waals surface area contributed by atoms with Crippen LogP contribution in [0.25, 0.3) is 31.8 Å². The van der Waals surface area contributed by atoms with Crippen LogP contribution in [0.15, 0.2) is 24.4 Å². The van der Waals surface area contributed by atoms with Crippen LogP contribution >= 0.6 is 11.3 Å². The second-order valence-corrected chi connectivity index (χ2v) is 7.08. The lowest BCUT2D eigenvalue weighted by molar-refractivity contribution is 0.111. The summed E-state index contributed by atoms with van der Waals surface area (Å²) in [5, 5.41) is 0.480. The fraction of sp³-hybridized carbons (Fsp3) is 0.158. The number of fused-ring (bicyclic) bond motifs is 2. The number of ether oxygens (including phenoxy) is 1. The highest BCUT2D eigenvalue weighted by Crippen LogP contribution is 2.36. The van der Waals surface area contributed by atoms with Gasteiger partial charge in [-0.2, -0.15) is 0 Å². The SMILES string of the molecule is COCc1cnc2c(-c3nc4c(F)c(F)c(C=O)cc4s3)cc(C)cc2n1. The number of aldehydes is 1. The van der Waals surface area contributed by atoms with Crippen molar-refractivity contribution in [3.8, 4) is 10.6 Å². The van der Waals surface area contributed by atoms with Gasteiger partial charge in [0.2, 0.25) is 0 Å². The number of hydrogen-bond acceptors (Lipinski definition) is 6. The zero-order valence-electron chi connectivity index (χ0n) is 14.4. The minimum absolute atomic E-state index is 0.100. The van der Waals surface area contributed by atoms with Gasteiger partial charge in [-0.1, -0.05) is 0 Å². The summed E-state index contributed by atoms with van der Waals surface area (Å²) >= 11 is 1.17. The number of halogens is 2. The molecule has 0 aliphatic rings. The number of benzene rings is 2. The van der Waals surface area contributed by atoms with E-state index in [2.05, 4.69) is 15.0 Å². The normalized spacial score (nSPS) is 11.4. The predicted molar refractivity (Wildman–Crippen MR) is 98.9 cm³/mol. The minimum atomic E-state index is -1.19. The van der Waals surface area contributed by atoms with Crippen LogP contribution in [0, 0.1) is 18.6 Å². The zero-order valence-corrected chi connectivity index (χ0v) is 15.2. The fourth-order valence-corrected chi connectivity index (χ4v) is 3.94. The number of aryl methyl sites for hydroxylation is 1. The first kappa shape index (κ1) is 17.6. The summed E-state index contributed by atoms with van der Waals surface area (Å²) in [4.78, 5) is 24.2. The molecule has 4 aromatic rings. The highest BCUT2D eigenvalue weighted by Gasteiger charge is 2.19. The first-order valence-electron chi connectivity index (χ1n) is 8.01. The number of methoxy groups -OCH3 is 1. The molecule has 136 valence electrons. The average Bonchev–Trinajstić information content (AvgIpc) is 3.08. The number of thiazole rings is 1. The monoisotopic (exact) mass is 385 g/mol. The Kier molecular flexibility index (Phi) is 4.37. The van der Waals surface area contributed by atoms with E-state index in [1.807, 2.05) is 19.1 Å². The molecule has 0 bridgehead atoms. The Bertz CT molecular complexity index is 1210. The van der Waals surface area contributed by atoms with Gasteiger partial charge in [0.05, 0.1) is 39.8 Å². The van der Waals surface area contributed by atoms with Gasteiger partial charge in [-0.3, -0.25) is 9.78 Å². The lowest BCUT2D eigenvalue weighted by Crippen LogP contribution is -1.96. The maximum absolute atomic E-state index is 14.3. The molecule has 0 aliphatic heterocycles.